The summed E-state index contributed by atoms with van der Waals surface area (Å²) in [5.74, 6) is -1.30. The van der Waals surface area contributed by atoms with Gasteiger partial charge >= 0.3 is 5.97 Å². The molecule has 6 heteroatoms. The summed E-state index contributed by atoms with van der Waals surface area (Å²) in [6.07, 6.45) is 7.20. The Labute approximate surface area is 135 Å². The van der Waals surface area contributed by atoms with E-state index in [0.717, 1.165) is 6.29 Å². The van der Waals surface area contributed by atoms with Gasteiger partial charge in [-0.2, -0.15) is 0 Å². The molecule has 0 saturated heterocycles. The quantitative estimate of drug-likeness (QED) is 0.317. The lowest BCUT2D eigenvalue weighted by atomic mass is 9.51. The van der Waals surface area contributed by atoms with Crippen molar-refractivity contribution in [2.75, 3.05) is 20.8 Å². The molecular formula is C17H22O6. The second kappa shape index (κ2) is 6.02. The van der Waals surface area contributed by atoms with Crippen molar-refractivity contribution in [3.63, 3.8) is 0 Å². The van der Waals surface area contributed by atoms with Crippen LogP contribution in [0.4, 0.5) is 0 Å². The summed E-state index contributed by atoms with van der Waals surface area (Å²) in [7, 11) is 2.80. The van der Waals surface area contributed by atoms with Crippen LogP contribution in [-0.2, 0) is 28.6 Å². The summed E-state index contributed by atoms with van der Waals surface area (Å²) in [6, 6.07) is 0. The second-order valence-electron chi connectivity index (χ2n) is 6.06. The van der Waals surface area contributed by atoms with Crippen molar-refractivity contribution in [3.8, 4) is 0 Å². The van der Waals surface area contributed by atoms with E-state index in [9.17, 15) is 14.4 Å². The monoisotopic (exact) mass is 322 g/mol. The Kier molecular flexibility index (Phi) is 4.59. The topological polar surface area (TPSA) is 78.9 Å². The number of carbonyl (C=O) groups excluding carboxylic acids is 3. The fourth-order valence-electron chi connectivity index (χ4n) is 3.63. The maximum absolute atomic E-state index is 13.2. The molecule has 23 heavy (non-hydrogen) atoms. The van der Waals surface area contributed by atoms with Crippen molar-refractivity contribution in [3.05, 3.63) is 24.3 Å². The van der Waals surface area contributed by atoms with E-state index in [-0.39, 0.29) is 18.3 Å². The van der Waals surface area contributed by atoms with Crippen LogP contribution in [0, 0.1) is 11.3 Å². The van der Waals surface area contributed by atoms with E-state index in [0.29, 0.717) is 6.42 Å². The van der Waals surface area contributed by atoms with Gasteiger partial charge in [-0.05, 0) is 32.4 Å². The summed E-state index contributed by atoms with van der Waals surface area (Å²) < 4.78 is 15.9. The number of methoxy groups -OCH3 is 2. The maximum Gasteiger partial charge on any atom is 0.330 e. The summed E-state index contributed by atoms with van der Waals surface area (Å²) in [4.78, 5) is 36.4. The lowest BCUT2D eigenvalue weighted by Gasteiger charge is -2.56. The highest BCUT2D eigenvalue weighted by Crippen LogP contribution is 2.55. The lowest BCUT2D eigenvalue weighted by Crippen LogP contribution is -2.70. The predicted molar refractivity (Wildman–Crippen MR) is 81.7 cm³/mol. The zero-order valence-electron chi connectivity index (χ0n) is 13.8. The Bertz CT molecular complexity index is 580. The van der Waals surface area contributed by atoms with Gasteiger partial charge in [0.25, 0.3) is 0 Å². The second-order valence-corrected chi connectivity index (χ2v) is 6.06. The first-order chi connectivity index (χ1) is 10.9. The zero-order chi connectivity index (χ0) is 17.3. The average molecular weight is 322 g/mol. The molecule has 4 atom stereocenters. The molecule has 0 aromatic rings. The van der Waals surface area contributed by atoms with Crippen molar-refractivity contribution in [2.45, 2.75) is 31.5 Å². The third kappa shape index (κ3) is 2.28. The van der Waals surface area contributed by atoms with Gasteiger partial charge in [0.2, 0.25) is 5.78 Å². The van der Waals surface area contributed by atoms with Crippen molar-refractivity contribution in [2.24, 2.45) is 11.3 Å². The van der Waals surface area contributed by atoms with Crippen LogP contribution in [0.25, 0.3) is 0 Å². The zero-order valence-corrected chi connectivity index (χ0v) is 13.8. The smallest absolute Gasteiger partial charge is 0.330 e. The van der Waals surface area contributed by atoms with Crippen LogP contribution in [-0.4, -0.2) is 50.1 Å². The van der Waals surface area contributed by atoms with Gasteiger partial charge in [-0.3, -0.25) is 4.79 Å². The molecule has 0 amide bonds. The van der Waals surface area contributed by atoms with E-state index in [1.54, 1.807) is 19.9 Å². The number of hydrogen-bond donors (Lipinski definition) is 0. The molecule has 0 radical (unpaired) electrons. The molecular weight excluding hydrogens is 300 g/mol. The standard InChI is InChI=1S/C17H22O6/c1-5-23-13(19)7-8-16(21-3)12-6-9-17(22-4,14(16)20)15(2,10-12)11-18/h6-9,11-12H,5,10H2,1-4H3/b8-7+/t12-,15-,16+,17-/m1/s1. The lowest BCUT2D eigenvalue weighted by molar-refractivity contribution is -0.190. The first kappa shape index (κ1) is 17.6. The number of esters is 1. The van der Waals surface area contributed by atoms with E-state index in [1.807, 2.05) is 6.08 Å². The number of rotatable bonds is 6. The number of Topliss-reactive ketones (excluding diaryl/α,β-unsaturated/α-hetero) is 1. The van der Waals surface area contributed by atoms with Gasteiger partial charge in [0.1, 0.15) is 6.29 Å². The number of ether oxygens (including phenoxy) is 3. The molecule has 0 N–H and O–H groups in total. The van der Waals surface area contributed by atoms with Gasteiger partial charge in [-0.15, -0.1) is 0 Å². The molecule has 0 heterocycles. The van der Waals surface area contributed by atoms with Gasteiger partial charge in [-0.25, -0.2) is 4.79 Å². The van der Waals surface area contributed by atoms with Crippen molar-refractivity contribution in [1.82, 2.24) is 0 Å². The molecule has 6 nitrogen and oxygen atoms in total. The van der Waals surface area contributed by atoms with E-state index in [4.69, 9.17) is 14.2 Å². The van der Waals surface area contributed by atoms with Crippen LogP contribution in [0.1, 0.15) is 20.3 Å². The fourth-order valence-corrected chi connectivity index (χ4v) is 3.63. The third-order valence-electron chi connectivity index (χ3n) is 4.97. The Morgan fingerprint density at radius 2 is 2.09 bits per heavy atom. The first-order valence-corrected chi connectivity index (χ1v) is 7.52. The molecule has 0 aliphatic heterocycles. The van der Waals surface area contributed by atoms with Gasteiger partial charge in [0.15, 0.2) is 11.2 Å². The Morgan fingerprint density at radius 3 is 2.61 bits per heavy atom. The molecule has 1 saturated carbocycles. The summed E-state index contributed by atoms with van der Waals surface area (Å²) in [5.41, 5.74) is -3.73. The number of aldehydes is 1. The Balaban J connectivity index is 2.50. The Hall–Kier alpha value is -1.79. The minimum absolute atomic E-state index is 0.242. The highest BCUT2D eigenvalue weighted by molar-refractivity contribution is 6.05. The van der Waals surface area contributed by atoms with Crippen LogP contribution < -0.4 is 0 Å². The van der Waals surface area contributed by atoms with Gasteiger partial charge in [-0.1, -0.05) is 6.08 Å². The van der Waals surface area contributed by atoms with Crippen LogP contribution in [0.2, 0.25) is 0 Å². The van der Waals surface area contributed by atoms with E-state index in [2.05, 4.69) is 0 Å². The third-order valence-corrected chi connectivity index (χ3v) is 4.97. The SMILES string of the molecule is CCOC(=O)/C=C/[C@@]1(OC)C(=O)[C@]2(OC)C=C[C@@H]1C[C@]2(C)C=O. The van der Waals surface area contributed by atoms with Crippen LogP contribution in [0.3, 0.4) is 0 Å². The van der Waals surface area contributed by atoms with Gasteiger partial charge in [0.05, 0.1) is 12.0 Å². The fraction of sp³-hybridized carbons (Fsp3) is 0.588. The minimum Gasteiger partial charge on any atom is -0.463 e. The molecule has 0 aromatic carbocycles. The van der Waals surface area contributed by atoms with Crippen LogP contribution in [0.15, 0.2) is 24.3 Å². The molecule has 126 valence electrons. The van der Waals surface area contributed by atoms with Gasteiger partial charge < -0.3 is 19.0 Å². The maximum atomic E-state index is 13.2. The highest BCUT2D eigenvalue weighted by Gasteiger charge is 2.68. The molecule has 1 fully saturated rings. The van der Waals surface area contributed by atoms with Crippen molar-refractivity contribution in [1.29, 1.82) is 0 Å². The largest absolute Gasteiger partial charge is 0.463 e. The predicted octanol–water partition coefficient (Wildman–Crippen LogP) is 1.24. The summed E-state index contributed by atoms with van der Waals surface area (Å²) >= 11 is 0. The number of hydrogen-bond acceptors (Lipinski definition) is 6. The van der Waals surface area contributed by atoms with E-state index >= 15 is 0 Å². The first-order valence-electron chi connectivity index (χ1n) is 7.52. The minimum atomic E-state index is -1.40. The summed E-state index contributed by atoms with van der Waals surface area (Å²) in [5, 5.41) is 0. The number of carbonyl (C=O) groups is 3. The van der Waals surface area contributed by atoms with Crippen molar-refractivity contribution >= 4 is 18.0 Å². The molecule has 2 bridgehead atoms. The van der Waals surface area contributed by atoms with Crippen LogP contribution >= 0.6 is 0 Å². The van der Waals surface area contributed by atoms with E-state index in [1.165, 1.54) is 26.4 Å². The molecule has 3 rings (SSSR count). The van der Waals surface area contributed by atoms with Crippen molar-refractivity contribution < 1.29 is 28.6 Å². The normalized spacial score (nSPS) is 39.0. The van der Waals surface area contributed by atoms with Gasteiger partial charge in [0, 0.05) is 26.2 Å². The molecule has 0 spiro atoms. The molecule has 0 unspecified atom stereocenters. The summed E-state index contributed by atoms with van der Waals surface area (Å²) in [6.45, 7) is 3.64. The number of ketones is 1. The van der Waals surface area contributed by atoms with Crippen LogP contribution in [0.5, 0.6) is 0 Å². The Morgan fingerprint density at radius 1 is 1.39 bits per heavy atom. The molecule has 3 aliphatic carbocycles. The number of fused-ring (bicyclic) bond motifs is 2. The average Bonchev–Trinajstić information content (AvgIpc) is 2.55. The van der Waals surface area contributed by atoms with E-state index < -0.39 is 22.6 Å². The molecule has 3 aliphatic rings. The molecule has 0 aromatic heterocycles. The highest BCUT2D eigenvalue weighted by atomic mass is 16.5.